The molecule has 0 spiro atoms. The Morgan fingerprint density at radius 3 is 2.88 bits per heavy atom. The number of benzene rings is 1. The summed E-state index contributed by atoms with van der Waals surface area (Å²) >= 11 is 11.2. The van der Waals surface area contributed by atoms with Gasteiger partial charge in [-0.25, -0.2) is 9.97 Å². The summed E-state index contributed by atoms with van der Waals surface area (Å²) in [7, 11) is 1.49. The number of hydrogen-bond donors (Lipinski definition) is 3. The van der Waals surface area contributed by atoms with Gasteiger partial charge in [0.2, 0.25) is 5.88 Å². The first kappa shape index (κ1) is 17.9. The Kier molecular flexibility index (Phi) is 6.28. The van der Waals surface area contributed by atoms with Gasteiger partial charge in [0.05, 0.1) is 19.6 Å². The fourth-order valence-electron chi connectivity index (χ4n) is 1.98. The molecule has 126 valence electrons. The molecule has 7 nitrogen and oxygen atoms in total. The molecule has 0 aliphatic rings. The third-order valence-electron chi connectivity index (χ3n) is 3.03. The molecule has 0 saturated heterocycles. The fraction of sp³-hybridized carbons (Fsp3) is 0.200. The van der Waals surface area contributed by atoms with Gasteiger partial charge in [-0.3, -0.25) is 4.79 Å². The molecule has 0 fully saturated rings. The molecule has 24 heavy (non-hydrogen) atoms. The molecule has 9 heteroatoms. The van der Waals surface area contributed by atoms with Crippen LogP contribution in [0.4, 0.5) is 5.82 Å². The van der Waals surface area contributed by atoms with Crippen LogP contribution in [0, 0.1) is 0 Å². The number of halogens is 1. The van der Waals surface area contributed by atoms with E-state index >= 15 is 0 Å². The van der Waals surface area contributed by atoms with Crippen molar-refractivity contribution in [1.82, 2.24) is 15.3 Å². The smallest absolute Gasteiger partial charge is 0.305 e. The van der Waals surface area contributed by atoms with E-state index in [2.05, 4.69) is 20.6 Å². The summed E-state index contributed by atoms with van der Waals surface area (Å²) in [5.74, 6) is -0.147. The highest BCUT2D eigenvalue weighted by Gasteiger charge is 2.17. The van der Waals surface area contributed by atoms with Crippen LogP contribution in [0.15, 0.2) is 36.7 Å². The van der Waals surface area contributed by atoms with Crippen LogP contribution in [-0.4, -0.2) is 33.3 Å². The molecule has 1 aromatic carbocycles. The van der Waals surface area contributed by atoms with Gasteiger partial charge in [0.15, 0.2) is 5.11 Å². The molecule has 1 heterocycles. The number of carboxylic acids is 1. The Hall–Kier alpha value is -2.45. The number of nitrogens with zero attached hydrogens (tertiary/aromatic N) is 2. The van der Waals surface area contributed by atoms with Crippen LogP contribution >= 0.6 is 23.8 Å². The van der Waals surface area contributed by atoms with E-state index in [9.17, 15) is 4.79 Å². The molecular weight excluding hydrogens is 352 g/mol. The second-order valence-corrected chi connectivity index (χ2v) is 5.59. The number of aliphatic carboxylic acids is 1. The number of carboxylic acid groups (broad SMARTS) is 1. The number of aromatic nitrogens is 2. The van der Waals surface area contributed by atoms with Crippen LogP contribution < -0.4 is 15.4 Å². The van der Waals surface area contributed by atoms with Crippen LogP contribution in [0.25, 0.3) is 0 Å². The van der Waals surface area contributed by atoms with Crippen LogP contribution in [-0.2, 0) is 4.79 Å². The van der Waals surface area contributed by atoms with Gasteiger partial charge in [0.25, 0.3) is 0 Å². The predicted octanol–water partition coefficient (Wildman–Crippen LogP) is 2.64. The lowest BCUT2D eigenvalue weighted by Gasteiger charge is -2.20. The normalized spacial score (nSPS) is 11.4. The van der Waals surface area contributed by atoms with E-state index in [0.29, 0.717) is 22.3 Å². The zero-order chi connectivity index (χ0) is 17.5. The second kappa shape index (κ2) is 8.42. The highest BCUT2D eigenvalue weighted by molar-refractivity contribution is 7.80. The fourth-order valence-corrected chi connectivity index (χ4v) is 2.43. The Bertz CT molecular complexity index is 744. The maximum absolute atomic E-state index is 11.1. The van der Waals surface area contributed by atoms with E-state index in [1.54, 1.807) is 30.3 Å². The molecule has 1 atom stereocenters. The van der Waals surface area contributed by atoms with E-state index in [4.69, 9.17) is 33.7 Å². The molecule has 1 aromatic heterocycles. The molecule has 0 aliphatic heterocycles. The lowest BCUT2D eigenvalue weighted by atomic mass is 10.0. The van der Waals surface area contributed by atoms with Crippen LogP contribution in [0.3, 0.4) is 0 Å². The minimum Gasteiger partial charge on any atom is -0.481 e. The number of anilines is 1. The summed E-state index contributed by atoms with van der Waals surface area (Å²) in [5, 5.41) is 15.7. The van der Waals surface area contributed by atoms with Crippen molar-refractivity contribution in [3.63, 3.8) is 0 Å². The van der Waals surface area contributed by atoms with E-state index in [-0.39, 0.29) is 11.5 Å². The van der Waals surface area contributed by atoms with Gasteiger partial charge in [0.1, 0.15) is 12.1 Å². The van der Waals surface area contributed by atoms with Crippen molar-refractivity contribution in [1.29, 1.82) is 0 Å². The van der Waals surface area contributed by atoms with Crippen molar-refractivity contribution in [2.24, 2.45) is 0 Å². The summed E-state index contributed by atoms with van der Waals surface area (Å²) in [6, 6.07) is 7.97. The zero-order valence-corrected chi connectivity index (χ0v) is 14.3. The van der Waals surface area contributed by atoms with Gasteiger partial charge >= 0.3 is 5.97 Å². The Labute approximate surface area is 149 Å². The molecule has 0 bridgehead atoms. The highest BCUT2D eigenvalue weighted by atomic mass is 35.5. The van der Waals surface area contributed by atoms with Gasteiger partial charge in [-0.05, 0) is 29.9 Å². The molecule has 1 unspecified atom stereocenters. The second-order valence-electron chi connectivity index (χ2n) is 4.75. The standard InChI is InChI=1S/C15H15ClN4O3S/c1-23-13-7-12(17-8-18-13)20-15(24)19-11(6-14(21)22)9-3-2-4-10(16)5-9/h2-5,7-8,11H,6H2,1H3,(H,21,22)(H2,17,18,19,20,24). The minimum absolute atomic E-state index is 0.157. The maximum atomic E-state index is 11.1. The first-order valence-corrected chi connectivity index (χ1v) is 7.67. The van der Waals surface area contributed by atoms with Gasteiger partial charge in [-0.2, -0.15) is 0 Å². The molecule has 2 rings (SSSR count). The van der Waals surface area contributed by atoms with E-state index in [1.165, 1.54) is 13.4 Å². The Balaban J connectivity index is 2.10. The van der Waals surface area contributed by atoms with Crippen molar-refractivity contribution in [3.8, 4) is 5.88 Å². The summed E-state index contributed by atoms with van der Waals surface area (Å²) in [6.07, 6.45) is 1.17. The number of nitrogens with one attached hydrogen (secondary N) is 2. The molecular formula is C15H15ClN4O3S. The zero-order valence-electron chi connectivity index (χ0n) is 12.7. The topological polar surface area (TPSA) is 96.4 Å². The van der Waals surface area contributed by atoms with Crippen LogP contribution in [0.2, 0.25) is 5.02 Å². The number of ether oxygens (including phenoxy) is 1. The van der Waals surface area contributed by atoms with E-state index in [1.807, 2.05) is 0 Å². The molecule has 3 N–H and O–H groups in total. The number of rotatable bonds is 6. The first-order chi connectivity index (χ1) is 11.5. The number of methoxy groups -OCH3 is 1. The predicted molar refractivity (Wildman–Crippen MR) is 94.4 cm³/mol. The average molecular weight is 367 g/mol. The SMILES string of the molecule is COc1cc(NC(=S)NC(CC(=O)O)c2cccc(Cl)c2)ncn1. The number of hydrogen-bond acceptors (Lipinski definition) is 5. The summed E-state index contributed by atoms with van der Waals surface area (Å²) in [5.41, 5.74) is 0.717. The third kappa shape index (κ3) is 5.32. The summed E-state index contributed by atoms with van der Waals surface area (Å²) < 4.78 is 5.01. The van der Waals surface area contributed by atoms with E-state index in [0.717, 1.165) is 0 Å². The van der Waals surface area contributed by atoms with Crippen molar-refractivity contribution >= 4 is 40.7 Å². The van der Waals surface area contributed by atoms with E-state index < -0.39 is 12.0 Å². The van der Waals surface area contributed by atoms with Crippen molar-refractivity contribution in [2.45, 2.75) is 12.5 Å². The van der Waals surface area contributed by atoms with Gasteiger partial charge in [0, 0.05) is 11.1 Å². The molecule has 0 radical (unpaired) electrons. The molecule has 0 saturated carbocycles. The first-order valence-electron chi connectivity index (χ1n) is 6.88. The average Bonchev–Trinajstić information content (AvgIpc) is 2.54. The third-order valence-corrected chi connectivity index (χ3v) is 3.48. The minimum atomic E-state index is -0.959. The lowest BCUT2D eigenvalue weighted by Crippen LogP contribution is -2.33. The molecule has 0 aliphatic carbocycles. The number of carbonyl (C=O) groups is 1. The lowest BCUT2D eigenvalue weighted by molar-refractivity contribution is -0.137. The van der Waals surface area contributed by atoms with Gasteiger partial charge in [-0.15, -0.1) is 0 Å². The number of thiocarbonyl (C=S) groups is 1. The van der Waals surface area contributed by atoms with Crippen LogP contribution in [0.5, 0.6) is 5.88 Å². The molecule has 2 aromatic rings. The van der Waals surface area contributed by atoms with Crippen molar-refractivity contribution < 1.29 is 14.6 Å². The largest absolute Gasteiger partial charge is 0.481 e. The Morgan fingerprint density at radius 2 is 2.21 bits per heavy atom. The van der Waals surface area contributed by atoms with Crippen LogP contribution in [0.1, 0.15) is 18.0 Å². The summed E-state index contributed by atoms with van der Waals surface area (Å²) in [6.45, 7) is 0. The monoisotopic (exact) mass is 366 g/mol. The quantitative estimate of drug-likeness (QED) is 0.671. The van der Waals surface area contributed by atoms with Gasteiger partial charge in [-0.1, -0.05) is 23.7 Å². The molecule has 0 amide bonds. The van der Waals surface area contributed by atoms with Crippen molar-refractivity contribution in [3.05, 3.63) is 47.2 Å². The Morgan fingerprint density at radius 1 is 1.42 bits per heavy atom. The maximum Gasteiger partial charge on any atom is 0.305 e. The summed E-state index contributed by atoms with van der Waals surface area (Å²) in [4.78, 5) is 19.0. The van der Waals surface area contributed by atoms with Gasteiger partial charge < -0.3 is 20.5 Å². The van der Waals surface area contributed by atoms with Crippen molar-refractivity contribution in [2.75, 3.05) is 12.4 Å². The highest BCUT2D eigenvalue weighted by Crippen LogP contribution is 2.21.